The van der Waals surface area contributed by atoms with Crippen LogP contribution in [0.4, 0.5) is 0 Å². The summed E-state index contributed by atoms with van der Waals surface area (Å²) < 4.78 is 1.96. The van der Waals surface area contributed by atoms with E-state index in [1.807, 2.05) is 36.1 Å². The molecule has 1 aliphatic carbocycles. The molecule has 0 spiro atoms. The van der Waals surface area contributed by atoms with Crippen LogP contribution in [0.5, 0.6) is 0 Å². The lowest BCUT2D eigenvalue weighted by molar-refractivity contribution is 0.265. The molecule has 1 aromatic carbocycles. The van der Waals surface area contributed by atoms with E-state index in [4.69, 9.17) is 0 Å². The molecule has 1 saturated carbocycles. The van der Waals surface area contributed by atoms with Crippen molar-refractivity contribution in [2.24, 2.45) is 5.92 Å². The molecule has 0 radical (unpaired) electrons. The average Bonchev–Trinajstić information content (AvgIpc) is 2.88. The first kappa shape index (κ1) is 12.4. The van der Waals surface area contributed by atoms with Crippen molar-refractivity contribution in [2.45, 2.75) is 31.7 Å². The lowest BCUT2D eigenvalue weighted by atomic mass is 9.80. The van der Waals surface area contributed by atoms with Gasteiger partial charge < -0.3 is 5.32 Å². The van der Waals surface area contributed by atoms with E-state index in [-0.39, 0.29) is 0 Å². The van der Waals surface area contributed by atoms with Gasteiger partial charge in [-0.2, -0.15) is 5.10 Å². The molecule has 19 heavy (non-hydrogen) atoms. The van der Waals surface area contributed by atoms with Gasteiger partial charge >= 0.3 is 0 Å². The van der Waals surface area contributed by atoms with Crippen LogP contribution in [-0.4, -0.2) is 16.8 Å². The van der Waals surface area contributed by atoms with Crippen molar-refractivity contribution in [1.29, 1.82) is 0 Å². The van der Waals surface area contributed by atoms with Gasteiger partial charge in [0.1, 0.15) is 0 Å². The third kappa shape index (κ3) is 2.71. The van der Waals surface area contributed by atoms with Crippen LogP contribution in [0.25, 0.3) is 5.69 Å². The van der Waals surface area contributed by atoms with E-state index < -0.39 is 0 Å². The Morgan fingerprint density at radius 3 is 2.74 bits per heavy atom. The predicted octanol–water partition coefficient (Wildman–Crippen LogP) is 3.32. The van der Waals surface area contributed by atoms with E-state index >= 15 is 0 Å². The highest BCUT2D eigenvalue weighted by atomic mass is 15.3. The zero-order valence-electron chi connectivity index (χ0n) is 11.4. The second kappa shape index (κ2) is 5.57. The summed E-state index contributed by atoms with van der Waals surface area (Å²) in [4.78, 5) is 0. The number of aromatic nitrogens is 2. The Morgan fingerprint density at radius 1 is 1.32 bits per heavy atom. The van der Waals surface area contributed by atoms with Crippen molar-refractivity contribution in [3.8, 4) is 5.69 Å². The summed E-state index contributed by atoms with van der Waals surface area (Å²) in [7, 11) is 2.04. The molecule has 1 heterocycles. The fourth-order valence-electron chi connectivity index (χ4n) is 2.72. The molecule has 1 aromatic heterocycles. The van der Waals surface area contributed by atoms with Crippen molar-refractivity contribution in [1.82, 2.24) is 15.1 Å². The van der Waals surface area contributed by atoms with Crippen LogP contribution in [0, 0.1) is 5.92 Å². The highest BCUT2D eigenvalue weighted by Gasteiger charge is 2.23. The van der Waals surface area contributed by atoms with Gasteiger partial charge in [0.05, 0.1) is 11.9 Å². The van der Waals surface area contributed by atoms with Gasteiger partial charge in [0.15, 0.2) is 0 Å². The van der Waals surface area contributed by atoms with Crippen molar-refractivity contribution < 1.29 is 0 Å². The lowest BCUT2D eigenvalue weighted by Crippen LogP contribution is -2.22. The van der Waals surface area contributed by atoms with Gasteiger partial charge in [-0.05, 0) is 31.5 Å². The van der Waals surface area contributed by atoms with Gasteiger partial charge in [-0.15, -0.1) is 0 Å². The topological polar surface area (TPSA) is 29.9 Å². The minimum atomic E-state index is 0.433. The highest BCUT2D eigenvalue weighted by molar-refractivity contribution is 5.31. The maximum atomic E-state index is 4.48. The maximum absolute atomic E-state index is 4.48. The average molecular weight is 255 g/mol. The van der Waals surface area contributed by atoms with Gasteiger partial charge in [-0.1, -0.05) is 37.5 Å². The van der Waals surface area contributed by atoms with E-state index in [1.54, 1.807) is 0 Å². The number of nitrogens with zero attached hydrogens (tertiary/aromatic N) is 2. The van der Waals surface area contributed by atoms with Crippen LogP contribution in [-0.2, 0) is 0 Å². The summed E-state index contributed by atoms with van der Waals surface area (Å²) in [6.07, 6.45) is 9.57. The van der Waals surface area contributed by atoms with Crippen LogP contribution in [0.2, 0.25) is 0 Å². The third-order valence-electron chi connectivity index (χ3n) is 4.17. The molecule has 0 saturated heterocycles. The Bertz CT molecular complexity index is 514. The molecule has 3 nitrogen and oxygen atoms in total. The zero-order valence-corrected chi connectivity index (χ0v) is 11.4. The molecular weight excluding hydrogens is 234 g/mol. The Labute approximate surface area is 114 Å². The molecule has 0 bridgehead atoms. The van der Waals surface area contributed by atoms with Crippen molar-refractivity contribution in [2.75, 3.05) is 7.05 Å². The van der Waals surface area contributed by atoms with Crippen LogP contribution < -0.4 is 5.32 Å². The fourth-order valence-corrected chi connectivity index (χ4v) is 2.72. The van der Waals surface area contributed by atoms with Gasteiger partial charge in [0, 0.05) is 17.8 Å². The maximum Gasteiger partial charge on any atom is 0.0645 e. The van der Waals surface area contributed by atoms with Gasteiger partial charge in [-0.25, -0.2) is 4.68 Å². The largest absolute Gasteiger partial charge is 0.313 e. The van der Waals surface area contributed by atoms with Crippen LogP contribution >= 0.6 is 0 Å². The van der Waals surface area contributed by atoms with Gasteiger partial charge in [-0.3, -0.25) is 0 Å². The van der Waals surface area contributed by atoms with E-state index in [9.17, 15) is 0 Å². The Balaban J connectivity index is 1.75. The Morgan fingerprint density at radius 2 is 2.11 bits per heavy atom. The molecule has 3 rings (SSSR count). The van der Waals surface area contributed by atoms with E-state index in [0.717, 1.165) is 11.6 Å². The summed E-state index contributed by atoms with van der Waals surface area (Å²) >= 11 is 0. The second-order valence-electron chi connectivity index (χ2n) is 5.43. The molecule has 1 aliphatic rings. The number of rotatable bonds is 5. The number of hydrogen-bond acceptors (Lipinski definition) is 2. The molecular formula is C16H21N3. The first-order chi connectivity index (χ1) is 9.36. The number of nitrogens with one attached hydrogen (secondary N) is 1. The SMILES string of the molecule is CNC(CC1CCC1)c1cnn(-c2ccccc2)c1. The number of benzene rings is 1. The fraction of sp³-hybridized carbons (Fsp3) is 0.438. The van der Waals surface area contributed by atoms with Crippen molar-refractivity contribution >= 4 is 0 Å². The number of hydrogen-bond donors (Lipinski definition) is 1. The smallest absolute Gasteiger partial charge is 0.0645 e. The molecule has 1 atom stereocenters. The molecule has 3 heteroatoms. The van der Waals surface area contributed by atoms with Crippen molar-refractivity contribution in [3.05, 3.63) is 48.3 Å². The molecule has 1 unspecified atom stereocenters. The summed E-state index contributed by atoms with van der Waals surface area (Å²) in [5.41, 5.74) is 2.41. The minimum Gasteiger partial charge on any atom is -0.313 e. The van der Waals surface area contributed by atoms with Gasteiger partial charge in [0.25, 0.3) is 0 Å². The quantitative estimate of drug-likeness (QED) is 0.888. The lowest BCUT2D eigenvalue weighted by Gasteiger charge is -2.29. The Kier molecular flexibility index (Phi) is 3.65. The van der Waals surface area contributed by atoms with Gasteiger partial charge in [0.2, 0.25) is 0 Å². The summed E-state index contributed by atoms with van der Waals surface area (Å²) in [5, 5.41) is 7.91. The van der Waals surface area contributed by atoms with Crippen LogP contribution in [0.3, 0.4) is 0 Å². The van der Waals surface area contributed by atoms with E-state index in [1.165, 1.54) is 31.2 Å². The highest BCUT2D eigenvalue weighted by Crippen LogP contribution is 2.34. The minimum absolute atomic E-state index is 0.433. The van der Waals surface area contributed by atoms with E-state index in [2.05, 4.69) is 28.7 Å². The van der Waals surface area contributed by atoms with Crippen LogP contribution in [0.1, 0.15) is 37.3 Å². The zero-order chi connectivity index (χ0) is 13.1. The monoisotopic (exact) mass is 255 g/mol. The third-order valence-corrected chi connectivity index (χ3v) is 4.17. The van der Waals surface area contributed by atoms with Crippen molar-refractivity contribution in [3.63, 3.8) is 0 Å². The molecule has 0 aliphatic heterocycles. The first-order valence-electron chi connectivity index (χ1n) is 7.14. The summed E-state index contributed by atoms with van der Waals surface area (Å²) in [6, 6.07) is 10.7. The summed E-state index contributed by atoms with van der Waals surface area (Å²) in [6.45, 7) is 0. The normalized spacial score (nSPS) is 17.1. The molecule has 0 amide bonds. The molecule has 2 aromatic rings. The number of para-hydroxylation sites is 1. The molecule has 1 N–H and O–H groups in total. The van der Waals surface area contributed by atoms with Crippen LogP contribution in [0.15, 0.2) is 42.7 Å². The molecule has 1 fully saturated rings. The second-order valence-corrected chi connectivity index (χ2v) is 5.43. The summed E-state index contributed by atoms with van der Waals surface area (Å²) in [5.74, 6) is 0.900. The van der Waals surface area contributed by atoms with E-state index in [0.29, 0.717) is 6.04 Å². The predicted molar refractivity (Wildman–Crippen MR) is 77.3 cm³/mol. The standard InChI is InChI=1S/C16H21N3/c1-17-16(10-13-6-5-7-13)14-11-18-19(12-14)15-8-3-2-4-9-15/h2-4,8-9,11-13,16-17H,5-7,10H2,1H3. The molecule has 100 valence electrons. The Hall–Kier alpha value is -1.61. The first-order valence-corrected chi connectivity index (χ1v) is 7.14.